The number of rotatable bonds is 1. The van der Waals surface area contributed by atoms with Crippen molar-refractivity contribution in [2.45, 2.75) is 13.8 Å². The van der Waals surface area contributed by atoms with E-state index in [0.29, 0.717) is 5.56 Å². The van der Waals surface area contributed by atoms with E-state index < -0.39 is 5.78 Å². The molecule has 0 saturated carbocycles. The Hall–Kier alpha value is -2.43. The molecule has 3 rings (SSSR count). The lowest BCUT2D eigenvalue weighted by Gasteiger charge is -2.07. The Labute approximate surface area is 101 Å². The summed E-state index contributed by atoms with van der Waals surface area (Å²) in [5, 5.41) is 0. The maximum atomic E-state index is 12.2. The van der Waals surface area contributed by atoms with Crippen LogP contribution in [0.25, 0.3) is 0 Å². The molecule has 0 aliphatic heterocycles. The van der Waals surface area contributed by atoms with Crippen LogP contribution in [0.5, 0.6) is 0 Å². The van der Waals surface area contributed by atoms with Crippen molar-refractivity contribution in [2.75, 3.05) is 0 Å². The zero-order valence-corrected chi connectivity index (χ0v) is 9.70. The Morgan fingerprint density at radius 1 is 1.17 bits per heavy atom. The summed E-state index contributed by atoms with van der Waals surface area (Å²) in [5.41, 5.74) is 0.977. The van der Waals surface area contributed by atoms with Crippen molar-refractivity contribution in [3.63, 3.8) is 0 Å². The minimum Gasteiger partial charge on any atom is -0.460 e. The Kier molecular flexibility index (Phi) is 1.96. The number of Topliss-reactive ketones (excluding diaryl/α,β-unsaturated/α-hetero) is 1. The molecule has 0 N–H and O–H groups in total. The Balaban J connectivity index is 2.28. The van der Waals surface area contributed by atoms with Gasteiger partial charge in [0.2, 0.25) is 5.78 Å². The van der Waals surface area contributed by atoms with E-state index in [1.165, 1.54) is 19.3 Å². The van der Waals surface area contributed by atoms with Crippen LogP contribution in [0.3, 0.4) is 0 Å². The lowest BCUT2D eigenvalue weighted by molar-refractivity contribution is 0.0929. The SMILES string of the molecule is CC(=O)c1cc2c(o1)C(=O)c1occ(C)c1C2=O. The Morgan fingerprint density at radius 2 is 1.89 bits per heavy atom. The number of carbonyl (C=O) groups excluding carboxylic acids is 3. The smallest absolute Gasteiger partial charge is 0.264 e. The van der Waals surface area contributed by atoms with Crippen LogP contribution in [-0.4, -0.2) is 17.3 Å². The highest BCUT2D eigenvalue weighted by atomic mass is 16.4. The van der Waals surface area contributed by atoms with Gasteiger partial charge in [-0.3, -0.25) is 14.4 Å². The van der Waals surface area contributed by atoms with Crippen LogP contribution in [0.2, 0.25) is 0 Å². The van der Waals surface area contributed by atoms with Crippen molar-refractivity contribution in [1.29, 1.82) is 0 Å². The maximum Gasteiger partial charge on any atom is 0.264 e. The van der Waals surface area contributed by atoms with E-state index in [9.17, 15) is 14.4 Å². The topological polar surface area (TPSA) is 77.5 Å². The zero-order valence-electron chi connectivity index (χ0n) is 9.70. The van der Waals surface area contributed by atoms with Crippen molar-refractivity contribution < 1.29 is 23.2 Å². The minimum atomic E-state index is -0.500. The monoisotopic (exact) mass is 244 g/mol. The first-order valence-electron chi connectivity index (χ1n) is 5.33. The second-order valence-corrected chi connectivity index (χ2v) is 4.19. The molecule has 0 amide bonds. The van der Waals surface area contributed by atoms with Crippen LogP contribution >= 0.6 is 0 Å². The molecule has 0 radical (unpaired) electrons. The second-order valence-electron chi connectivity index (χ2n) is 4.19. The van der Waals surface area contributed by atoms with Crippen molar-refractivity contribution in [3.05, 3.63) is 46.3 Å². The van der Waals surface area contributed by atoms with Crippen molar-refractivity contribution in [3.8, 4) is 0 Å². The van der Waals surface area contributed by atoms with Gasteiger partial charge in [0, 0.05) is 6.92 Å². The van der Waals surface area contributed by atoms with Crippen molar-refractivity contribution in [1.82, 2.24) is 0 Å². The number of carbonyl (C=O) groups is 3. The third-order valence-corrected chi connectivity index (χ3v) is 2.94. The van der Waals surface area contributed by atoms with E-state index in [4.69, 9.17) is 8.83 Å². The number of hydrogen-bond donors (Lipinski definition) is 0. The average Bonchev–Trinajstić information content (AvgIpc) is 2.90. The quantitative estimate of drug-likeness (QED) is 0.613. The van der Waals surface area contributed by atoms with E-state index >= 15 is 0 Å². The van der Waals surface area contributed by atoms with Crippen molar-refractivity contribution >= 4 is 17.3 Å². The molecule has 2 aromatic rings. The summed E-state index contributed by atoms with van der Waals surface area (Å²) in [6.45, 7) is 2.99. The van der Waals surface area contributed by atoms with E-state index in [-0.39, 0.29) is 40.0 Å². The average molecular weight is 244 g/mol. The molecule has 0 saturated heterocycles. The molecular weight excluding hydrogens is 236 g/mol. The first-order valence-corrected chi connectivity index (χ1v) is 5.33. The van der Waals surface area contributed by atoms with Gasteiger partial charge < -0.3 is 8.83 Å². The molecule has 90 valence electrons. The van der Waals surface area contributed by atoms with Gasteiger partial charge in [-0.05, 0) is 18.6 Å². The van der Waals surface area contributed by atoms with E-state index in [1.54, 1.807) is 6.92 Å². The van der Waals surface area contributed by atoms with Crippen LogP contribution in [0.4, 0.5) is 0 Å². The van der Waals surface area contributed by atoms with Crippen LogP contribution in [0, 0.1) is 6.92 Å². The first-order chi connectivity index (χ1) is 8.50. The summed E-state index contributed by atoms with van der Waals surface area (Å²) in [4.78, 5) is 35.5. The molecule has 18 heavy (non-hydrogen) atoms. The van der Waals surface area contributed by atoms with Crippen molar-refractivity contribution in [2.24, 2.45) is 0 Å². The zero-order chi connectivity index (χ0) is 13.0. The van der Waals surface area contributed by atoms with Crippen LogP contribution in [0.15, 0.2) is 21.2 Å². The van der Waals surface area contributed by atoms with Gasteiger partial charge in [-0.2, -0.15) is 0 Å². The predicted molar refractivity (Wildman–Crippen MR) is 59.0 cm³/mol. The summed E-state index contributed by atoms with van der Waals surface area (Å²) in [6.07, 6.45) is 1.36. The molecule has 1 aliphatic rings. The standard InChI is InChI=1S/C13H8O5/c1-5-4-17-13-9(5)10(15)7-3-8(6(2)14)18-12(7)11(13)16/h3-4H,1-2H3. The Morgan fingerprint density at radius 3 is 2.56 bits per heavy atom. The second kappa shape index (κ2) is 3.29. The highest BCUT2D eigenvalue weighted by Gasteiger charge is 2.38. The molecule has 5 nitrogen and oxygen atoms in total. The third-order valence-electron chi connectivity index (χ3n) is 2.94. The number of hydrogen-bond acceptors (Lipinski definition) is 5. The fourth-order valence-electron chi connectivity index (χ4n) is 2.03. The van der Waals surface area contributed by atoms with E-state index in [1.807, 2.05) is 0 Å². The molecule has 0 aromatic carbocycles. The normalized spacial score (nSPS) is 13.4. The number of furan rings is 2. The Bertz CT molecular complexity index is 714. The first kappa shape index (κ1) is 10.7. The fraction of sp³-hybridized carbons (Fsp3) is 0.154. The van der Waals surface area contributed by atoms with E-state index in [2.05, 4.69) is 0 Å². The summed E-state index contributed by atoms with van der Waals surface area (Å²) >= 11 is 0. The largest absolute Gasteiger partial charge is 0.460 e. The van der Waals surface area contributed by atoms with Gasteiger partial charge in [0.15, 0.2) is 23.1 Å². The highest BCUT2D eigenvalue weighted by molar-refractivity contribution is 6.27. The van der Waals surface area contributed by atoms with E-state index in [0.717, 1.165) is 0 Å². The molecule has 2 heterocycles. The third kappa shape index (κ3) is 1.18. The molecule has 0 bridgehead atoms. The van der Waals surface area contributed by atoms with Crippen LogP contribution in [-0.2, 0) is 0 Å². The highest BCUT2D eigenvalue weighted by Crippen LogP contribution is 2.32. The number of aryl methyl sites for hydroxylation is 1. The van der Waals surface area contributed by atoms with Crippen LogP contribution in [0.1, 0.15) is 55.3 Å². The molecule has 2 aromatic heterocycles. The number of fused-ring (bicyclic) bond motifs is 2. The molecule has 0 atom stereocenters. The van der Waals surface area contributed by atoms with Gasteiger partial charge in [-0.15, -0.1) is 0 Å². The van der Waals surface area contributed by atoms with Gasteiger partial charge in [-0.25, -0.2) is 0 Å². The molecule has 5 heteroatoms. The predicted octanol–water partition coefficient (Wildman–Crippen LogP) is 2.16. The van der Waals surface area contributed by atoms with Gasteiger partial charge in [0.05, 0.1) is 17.4 Å². The molecule has 0 fully saturated rings. The summed E-state index contributed by atoms with van der Waals surface area (Å²) in [5.74, 6) is -1.31. The van der Waals surface area contributed by atoms with Gasteiger partial charge >= 0.3 is 0 Å². The van der Waals surface area contributed by atoms with Gasteiger partial charge in [0.1, 0.15) is 0 Å². The lowest BCUT2D eigenvalue weighted by Crippen LogP contribution is -2.17. The maximum absolute atomic E-state index is 12.2. The lowest BCUT2D eigenvalue weighted by atomic mass is 9.92. The summed E-state index contributed by atoms with van der Waals surface area (Å²) < 4.78 is 10.2. The van der Waals surface area contributed by atoms with Gasteiger partial charge in [0.25, 0.3) is 5.78 Å². The summed E-state index contributed by atoms with van der Waals surface area (Å²) in [7, 11) is 0. The summed E-state index contributed by atoms with van der Waals surface area (Å²) in [6, 6.07) is 1.31. The van der Waals surface area contributed by atoms with Gasteiger partial charge in [-0.1, -0.05) is 0 Å². The molecule has 0 unspecified atom stereocenters. The number of ketones is 3. The molecule has 0 spiro atoms. The van der Waals surface area contributed by atoms with Crippen LogP contribution < -0.4 is 0 Å². The minimum absolute atomic E-state index is 0.00417. The fourth-order valence-corrected chi connectivity index (χ4v) is 2.03. The molecular formula is C13H8O5. The molecule has 1 aliphatic carbocycles.